The maximum Gasteiger partial charge on any atom is 0.255 e. The van der Waals surface area contributed by atoms with Crippen LogP contribution < -0.4 is 15.4 Å². The summed E-state index contributed by atoms with van der Waals surface area (Å²) in [4.78, 5) is 17.6. The number of aromatic nitrogens is 3. The van der Waals surface area contributed by atoms with E-state index in [9.17, 15) is 4.79 Å². The van der Waals surface area contributed by atoms with Gasteiger partial charge >= 0.3 is 0 Å². The fraction of sp³-hybridized carbons (Fsp3) is 0.190. The Hall–Kier alpha value is -3.32. The van der Waals surface area contributed by atoms with Crippen molar-refractivity contribution >= 4 is 29.1 Å². The molecule has 8 heteroatoms. The summed E-state index contributed by atoms with van der Waals surface area (Å²) in [7, 11) is 1.57. The summed E-state index contributed by atoms with van der Waals surface area (Å²) in [6.45, 7) is 3.81. The van der Waals surface area contributed by atoms with Gasteiger partial charge in [0.1, 0.15) is 18.1 Å². The van der Waals surface area contributed by atoms with Crippen LogP contribution in [0.1, 0.15) is 24.1 Å². The van der Waals surface area contributed by atoms with E-state index in [0.717, 1.165) is 11.1 Å². The van der Waals surface area contributed by atoms with Gasteiger partial charge in [-0.05, 0) is 49.2 Å². The van der Waals surface area contributed by atoms with Crippen molar-refractivity contribution in [2.45, 2.75) is 19.9 Å². The summed E-state index contributed by atoms with van der Waals surface area (Å²) in [5.74, 6) is 0.919. The number of ether oxygens (including phenoxy) is 1. The maximum atomic E-state index is 13.4. The summed E-state index contributed by atoms with van der Waals surface area (Å²) in [5, 5.41) is 11.1. The lowest BCUT2D eigenvalue weighted by molar-refractivity contribution is -0.113. The Kier molecular flexibility index (Phi) is 4.98. The zero-order valence-electron chi connectivity index (χ0n) is 16.2. The van der Waals surface area contributed by atoms with Crippen LogP contribution in [0.3, 0.4) is 0 Å². The second kappa shape index (κ2) is 7.60. The molecule has 29 heavy (non-hydrogen) atoms. The number of amides is 1. The molecule has 3 aromatic rings. The van der Waals surface area contributed by atoms with Crippen molar-refractivity contribution < 1.29 is 9.53 Å². The maximum absolute atomic E-state index is 13.4. The molecule has 0 bridgehead atoms. The summed E-state index contributed by atoms with van der Waals surface area (Å²) >= 11 is 6.06. The monoisotopic (exact) mass is 409 g/mol. The molecule has 7 nitrogen and oxygen atoms in total. The molecule has 2 aromatic carbocycles. The first-order valence-corrected chi connectivity index (χ1v) is 9.44. The van der Waals surface area contributed by atoms with Crippen molar-refractivity contribution in [2.75, 3.05) is 17.7 Å². The molecule has 148 valence electrons. The Morgan fingerprint density at radius 1 is 1.21 bits per heavy atom. The molecule has 2 N–H and O–H groups in total. The smallest absolute Gasteiger partial charge is 0.255 e. The number of anilines is 2. The van der Waals surface area contributed by atoms with E-state index in [1.807, 2.05) is 44.2 Å². The van der Waals surface area contributed by atoms with Crippen LogP contribution in [-0.2, 0) is 4.79 Å². The summed E-state index contributed by atoms with van der Waals surface area (Å²) < 4.78 is 7.09. The van der Waals surface area contributed by atoms with Crippen molar-refractivity contribution in [1.29, 1.82) is 0 Å². The second-order valence-electron chi connectivity index (χ2n) is 6.80. The number of benzene rings is 2. The van der Waals surface area contributed by atoms with Gasteiger partial charge in [-0.15, -0.1) is 0 Å². The van der Waals surface area contributed by atoms with Gasteiger partial charge in [0.25, 0.3) is 5.91 Å². The first-order chi connectivity index (χ1) is 14.0. The van der Waals surface area contributed by atoms with Crippen LogP contribution >= 0.6 is 11.6 Å². The van der Waals surface area contributed by atoms with E-state index < -0.39 is 6.04 Å². The van der Waals surface area contributed by atoms with E-state index in [-0.39, 0.29) is 5.91 Å². The Morgan fingerprint density at radius 2 is 1.97 bits per heavy atom. The third-order valence-electron chi connectivity index (χ3n) is 4.83. The van der Waals surface area contributed by atoms with Crippen LogP contribution in [0.25, 0.3) is 0 Å². The molecule has 1 aromatic heterocycles. The van der Waals surface area contributed by atoms with Crippen molar-refractivity contribution in [3.8, 4) is 5.75 Å². The van der Waals surface area contributed by atoms with Crippen LogP contribution in [0.2, 0.25) is 5.02 Å². The van der Waals surface area contributed by atoms with Gasteiger partial charge in [0.2, 0.25) is 5.95 Å². The normalized spacial score (nSPS) is 15.5. The minimum absolute atomic E-state index is 0.250. The molecule has 0 spiro atoms. The Morgan fingerprint density at radius 3 is 2.69 bits per heavy atom. The molecule has 0 saturated carbocycles. The Bertz CT molecular complexity index is 1100. The van der Waals surface area contributed by atoms with Gasteiger partial charge in [0.15, 0.2) is 0 Å². The van der Waals surface area contributed by atoms with Gasteiger partial charge in [0.05, 0.1) is 18.4 Å². The highest BCUT2D eigenvalue weighted by Gasteiger charge is 2.33. The third-order valence-corrected chi connectivity index (χ3v) is 5.08. The molecular formula is C21H20ClN5O2. The molecule has 1 aliphatic heterocycles. The van der Waals surface area contributed by atoms with Crippen molar-refractivity contribution in [1.82, 2.24) is 14.8 Å². The molecule has 0 aliphatic carbocycles. The summed E-state index contributed by atoms with van der Waals surface area (Å²) in [6, 6.07) is 12.6. The molecule has 1 unspecified atom stereocenters. The van der Waals surface area contributed by atoms with E-state index in [4.69, 9.17) is 16.3 Å². The van der Waals surface area contributed by atoms with E-state index in [1.54, 1.807) is 23.9 Å². The lowest BCUT2D eigenvalue weighted by atomic mass is 9.95. The fourth-order valence-corrected chi connectivity index (χ4v) is 3.57. The highest BCUT2D eigenvalue weighted by atomic mass is 35.5. The zero-order valence-corrected chi connectivity index (χ0v) is 17.0. The van der Waals surface area contributed by atoms with Crippen LogP contribution in [0.15, 0.2) is 60.1 Å². The van der Waals surface area contributed by atoms with E-state index in [1.165, 1.54) is 6.33 Å². The van der Waals surface area contributed by atoms with Gasteiger partial charge in [0, 0.05) is 10.7 Å². The molecule has 0 fully saturated rings. The number of methoxy groups -OCH3 is 1. The molecule has 2 heterocycles. The summed E-state index contributed by atoms with van der Waals surface area (Å²) in [5.41, 5.74) is 3.74. The number of halogens is 1. The van der Waals surface area contributed by atoms with Gasteiger partial charge < -0.3 is 15.4 Å². The highest BCUT2D eigenvalue weighted by Crippen LogP contribution is 2.36. The quantitative estimate of drug-likeness (QED) is 0.675. The van der Waals surface area contributed by atoms with Gasteiger partial charge in [-0.1, -0.05) is 29.8 Å². The number of carbonyl (C=O) groups excluding carboxylic acids is 1. The van der Waals surface area contributed by atoms with Crippen LogP contribution in [0, 0.1) is 6.92 Å². The number of aryl methyl sites for hydroxylation is 1. The SMILES string of the molecule is COc1ccc(C)cc1NC(=O)C1=C(C)Nc2ncnn2C1c1ccc(Cl)cc1. The number of hydrogen-bond acceptors (Lipinski definition) is 5. The first kappa shape index (κ1) is 19.0. The molecule has 1 amide bonds. The van der Waals surface area contributed by atoms with Crippen molar-refractivity contribution in [3.63, 3.8) is 0 Å². The van der Waals surface area contributed by atoms with Crippen molar-refractivity contribution in [2.24, 2.45) is 0 Å². The second-order valence-corrected chi connectivity index (χ2v) is 7.24. The topological polar surface area (TPSA) is 81.1 Å². The number of rotatable bonds is 4. The van der Waals surface area contributed by atoms with Crippen molar-refractivity contribution in [3.05, 3.63) is 76.2 Å². The van der Waals surface area contributed by atoms with Gasteiger partial charge in [-0.3, -0.25) is 4.79 Å². The fourth-order valence-electron chi connectivity index (χ4n) is 3.45. The van der Waals surface area contributed by atoms with Crippen LogP contribution in [-0.4, -0.2) is 27.8 Å². The number of nitrogens with one attached hydrogen (secondary N) is 2. The van der Waals surface area contributed by atoms with E-state index in [2.05, 4.69) is 20.7 Å². The van der Waals surface area contributed by atoms with E-state index in [0.29, 0.717) is 33.7 Å². The number of fused-ring (bicyclic) bond motifs is 1. The molecule has 0 radical (unpaired) electrons. The number of hydrogen-bond donors (Lipinski definition) is 2. The minimum atomic E-state index is -0.443. The number of carbonyl (C=O) groups is 1. The standard InChI is InChI=1S/C21H20ClN5O2/c1-12-4-9-17(29-3)16(10-12)26-20(28)18-13(2)25-21-23-11-24-27(21)19(18)14-5-7-15(22)8-6-14/h4-11,19H,1-3H3,(H,26,28)(H,23,24,25). The molecule has 1 atom stereocenters. The molecule has 4 rings (SSSR count). The average molecular weight is 410 g/mol. The Labute approximate surface area is 173 Å². The predicted octanol–water partition coefficient (Wildman–Crippen LogP) is 4.18. The number of nitrogens with zero attached hydrogens (tertiary/aromatic N) is 3. The van der Waals surface area contributed by atoms with E-state index >= 15 is 0 Å². The van der Waals surface area contributed by atoms with Gasteiger partial charge in [-0.2, -0.15) is 10.1 Å². The summed E-state index contributed by atoms with van der Waals surface area (Å²) in [6.07, 6.45) is 1.46. The molecular weight excluding hydrogens is 390 g/mol. The molecule has 0 saturated heterocycles. The predicted molar refractivity (Wildman–Crippen MR) is 112 cm³/mol. The highest BCUT2D eigenvalue weighted by molar-refractivity contribution is 6.30. The molecule has 1 aliphatic rings. The third kappa shape index (κ3) is 3.56. The minimum Gasteiger partial charge on any atom is -0.495 e. The lowest BCUT2D eigenvalue weighted by Gasteiger charge is -2.29. The lowest BCUT2D eigenvalue weighted by Crippen LogP contribution is -2.31. The zero-order chi connectivity index (χ0) is 20.5. The van der Waals surface area contributed by atoms with Crippen LogP contribution in [0.4, 0.5) is 11.6 Å². The van der Waals surface area contributed by atoms with Gasteiger partial charge in [-0.25, -0.2) is 4.68 Å². The van der Waals surface area contributed by atoms with Crippen LogP contribution in [0.5, 0.6) is 5.75 Å². The first-order valence-electron chi connectivity index (χ1n) is 9.06. The number of allylic oxidation sites excluding steroid dienone is 1. The largest absolute Gasteiger partial charge is 0.495 e. The average Bonchev–Trinajstić information content (AvgIpc) is 3.15. The Balaban J connectivity index is 1.76.